The molecule has 7 heteroatoms. The molecule has 0 atom stereocenters. The number of pyridine rings is 1. The van der Waals surface area contributed by atoms with Crippen molar-refractivity contribution in [3.63, 3.8) is 0 Å². The summed E-state index contributed by atoms with van der Waals surface area (Å²) in [4.78, 5) is 28.5. The lowest BCUT2D eigenvalue weighted by atomic mass is 10.2. The molecule has 116 valence electrons. The minimum atomic E-state index is -0.334. The summed E-state index contributed by atoms with van der Waals surface area (Å²) in [5, 5.41) is 10.9. The van der Waals surface area contributed by atoms with E-state index in [2.05, 4.69) is 20.6 Å². The Labute approximate surface area is 132 Å². The van der Waals surface area contributed by atoms with Crippen LogP contribution in [0.5, 0.6) is 0 Å². The number of carbonyl (C=O) groups is 1. The Morgan fingerprint density at radius 2 is 2.00 bits per heavy atom. The van der Waals surface area contributed by atoms with Crippen molar-refractivity contribution >= 4 is 16.8 Å². The van der Waals surface area contributed by atoms with Gasteiger partial charge in [-0.1, -0.05) is 23.4 Å². The molecule has 0 fully saturated rings. The maximum absolute atomic E-state index is 12.3. The number of carbonyl (C=O) groups excluding carboxylic acids is 1. The summed E-state index contributed by atoms with van der Waals surface area (Å²) in [6.07, 6.45) is 0. The molecule has 0 bridgehead atoms. The van der Waals surface area contributed by atoms with Crippen LogP contribution in [0.15, 0.2) is 47.3 Å². The Morgan fingerprint density at radius 3 is 2.83 bits per heavy atom. The van der Waals surface area contributed by atoms with Crippen LogP contribution in [0.1, 0.15) is 11.4 Å². The van der Waals surface area contributed by atoms with Gasteiger partial charge in [0.25, 0.3) is 5.56 Å². The topological polar surface area (TPSA) is 89.8 Å². The maximum atomic E-state index is 12.3. The lowest BCUT2D eigenvalue weighted by Gasteiger charge is -2.07. The normalized spacial score (nSPS) is 10.7. The Bertz CT molecular complexity index is 919. The fourth-order valence-electron chi connectivity index (χ4n) is 2.21. The molecule has 2 aromatic heterocycles. The third-order valence-corrected chi connectivity index (χ3v) is 3.34. The van der Waals surface area contributed by atoms with E-state index in [1.807, 2.05) is 25.1 Å². The van der Waals surface area contributed by atoms with Gasteiger partial charge >= 0.3 is 0 Å². The lowest BCUT2D eigenvalue weighted by Crippen LogP contribution is -2.34. The van der Waals surface area contributed by atoms with E-state index in [1.54, 1.807) is 24.3 Å². The minimum Gasteiger partial charge on any atom is -0.349 e. The Hall–Kier alpha value is -3.09. The Morgan fingerprint density at radius 1 is 1.17 bits per heavy atom. The molecule has 3 aromatic rings. The van der Waals surface area contributed by atoms with Crippen LogP contribution in [0.2, 0.25) is 0 Å². The molecule has 0 aliphatic heterocycles. The van der Waals surface area contributed by atoms with Gasteiger partial charge in [0, 0.05) is 5.69 Å². The number of aryl methyl sites for hydroxylation is 1. The highest BCUT2D eigenvalue weighted by Crippen LogP contribution is 2.03. The zero-order valence-electron chi connectivity index (χ0n) is 12.6. The monoisotopic (exact) mass is 309 g/mol. The highest BCUT2D eigenvalue weighted by Gasteiger charge is 2.09. The standard InChI is InChI=1S/C16H15N5O2/c1-11-5-4-6-12(18-11)9-17-15(22)10-21-16(23)13-7-2-3-8-14(13)19-20-21/h2-8H,9-10H2,1H3,(H,17,22). The second-order valence-electron chi connectivity index (χ2n) is 5.12. The lowest BCUT2D eigenvalue weighted by molar-refractivity contribution is -0.122. The van der Waals surface area contributed by atoms with Gasteiger partial charge in [0.1, 0.15) is 12.1 Å². The van der Waals surface area contributed by atoms with Crippen molar-refractivity contribution < 1.29 is 4.79 Å². The first kappa shape index (κ1) is 14.8. The summed E-state index contributed by atoms with van der Waals surface area (Å²) in [6, 6.07) is 12.5. The highest BCUT2D eigenvalue weighted by atomic mass is 16.2. The second kappa shape index (κ2) is 6.35. The zero-order valence-corrected chi connectivity index (χ0v) is 12.6. The summed E-state index contributed by atoms with van der Waals surface area (Å²) in [5.41, 5.74) is 1.82. The number of aromatic nitrogens is 4. The first-order valence-corrected chi connectivity index (χ1v) is 7.15. The van der Waals surface area contributed by atoms with Gasteiger partial charge < -0.3 is 5.32 Å². The largest absolute Gasteiger partial charge is 0.349 e. The van der Waals surface area contributed by atoms with Crippen LogP contribution >= 0.6 is 0 Å². The molecule has 2 heterocycles. The molecule has 7 nitrogen and oxygen atoms in total. The summed E-state index contributed by atoms with van der Waals surface area (Å²) >= 11 is 0. The van der Waals surface area contributed by atoms with E-state index in [0.717, 1.165) is 16.1 Å². The van der Waals surface area contributed by atoms with E-state index in [4.69, 9.17) is 0 Å². The van der Waals surface area contributed by atoms with Gasteiger partial charge in [0.15, 0.2) is 0 Å². The number of rotatable bonds is 4. The third kappa shape index (κ3) is 3.39. The molecule has 0 radical (unpaired) electrons. The van der Waals surface area contributed by atoms with Crippen LogP contribution in [-0.4, -0.2) is 25.9 Å². The molecule has 0 spiro atoms. The third-order valence-electron chi connectivity index (χ3n) is 3.34. The van der Waals surface area contributed by atoms with Crippen LogP contribution < -0.4 is 10.9 Å². The Balaban J connectivity index is 1.71. The molecule has 1 amide bonds. The fourth-order valence-corrected chi connectivity index (χ4v) is 2.21. The van der Waals surface area contributed by atoms with Gasteiger partial charge in [-0.05, 0) is 31.2 Å². The van der Waals surface area contributed by atoms with E-state index in [-0.39, 0.29) is 18.0 Å². The van der Waals surface area contributed by atoms with Gasteiger partial charge in [-0.25, -0.2) is 4.68 Å². The molecular formula is C16H15N5O2. The van der Waals surface area contributed by atoms with Gasteiger partial charge in [-0.2, -0.15) is 0 Å². The van der Waals surface area contributed by atoms with Crippen molar-refractivity contribution in [2.75, 3.05) is 0 Å². The van der Waals surface area contributed by atoms with E-state index in [0.29, 0.717) is 17.4 Å². The summed E-state index contributed by atoms with van der Waals surface area (Å²) in [5.74, 6) is -0.319. The van der Waals surface area contributed by atoms with Crippen LogP contribution in [-0.2, 0) is 17.9 Å². The first-order chi connectivity index (χ1) is 11.1. The summed E-state index contributed by atoms with van der Waals surface area (Å²) < 4.78 is 1.06. The summed E-state index contributed by atoms with van der Waals surface area (Å²) in [6.45, 7) is 2.01. The molecule has 0 saturated carbocycles. The molecule has 1 N–H and O–H groups in total. The quantitative estimate of drug-likeness (QED) is 0.770. The average Bonchev–Trinajstić information content (AvgIpc) is 2.56. The van der Waals surface area contributed by atoms with Gasteiger partial charge in [0.2, 0.25) is 5.91 Å². The number of fused-ring (bicyclic) bond motifs is 1. The van der Waals surface area contributed by atoms with Gasteiger partial charge in [0.05, 0.1) is 17.6 Å². The molecule has 0 unspecified atom stereocenters. The van der Waals surface area contributed by atoms with Crippen molar-refractivity contribution in [2.24, 2.45) is 0 Å². The predicted molar refractivity (Wildman–Crippen MR) is 84.6 cm³/mol. The number of hydrogen-bond donors (Lipinski definition) is 1. The molecular weight excluding hydrogens is 294 g/mol. The number of hydrogen-bond acceptors (Lipinski definition) is 5. The molecule has 0 saturated heterocycles. The van der Waals surface area contributed by atoms with E-state index in [1.165, 1.54) is 0 Å². The number of nitrogens with zero attached hydrogens (tertiary/aromatic N) is 4. The van der Waals surface area contributed by atoms with Gasteiger partial charge in [-0.15, -0.1) is 5.10 Å². The van der Waals surface area contributed by atoms with Crippen LogP contribution in [0.4, 0.5) is 0 Å². The van der Waals surface area contributed by atoms with Crippen molar-refractivity contribution in [1.82, 2.24) is 25.3 Å². The molecule has 0 aliphatic rings. The Kier molecular flexibility index (Phi) is 4.09. The summed E-state index contributed by atoms with van der Waals surface area (Å²) in [7, 11) is 0. The SMILES string of the molecule is Cc1cccc(CNC(=O)Cn2nnc3ccccc3c2=O)n1. The maximum Gasteiger partial charge on any atom is 0.278 e. The molecule has 23 heavy (non-hydrogen) atoms. The van der Waals surface area contributed by atoms with E-state index in [9.17, 15) is 9.59 Å². The number of amides is 1. The molecule has 0 aliphatic carbocycles. The van der Waals surface area contributed by atoms with Crippen LogP contribution in [0.25, 0.3) is 10.9 Å². The average molecular weight is 309 g/mol. The zero-order chi connectivity index (χ0) is 16.2. The van der Waals surface area contributed by atoms with Crippen LogP contribution in [0.3, 0.4) is 0 Å². The fraction of sp³-hybridized carbons (Fsp3) is 0.188. The van der Waals surface area contributed by atoms with Gasteiger partial charge in [-0.3, -0.25) is 14.6 Å². The van der Waals surface area contributed by atoms with E-state index < -0.39 is 0 Å². The number of nitrogens with one attached hydrogen (secondary N) is 1. The van der Waals surface area contributed by atoms with Crippen molar-refractivity contribution in [3.05, 3.63) is 64.2 Å². The van der Waals surface area contributed by atoms with Crippen molar-refractivity contribution in [1.29, 1.82) is 0 Å². The van der Waals surface area contributed by atoms with E-state index >= 15 is 0 Å². The second-order valence-corrected chi connectivity index (χ2v) is 5.12. The predicted octanol–water partition coefficient (Wildman–Crippen LogP) is 0.811. The minimum absolute atomic E-state index is 0.178. The van der Waals surface area contributed by atoms with Crippen molar-refractivity contribution in [3.8, 4) is 0 Å². The smallest absolute Gasteiger partial charge is 0.278 e. The number of benzene rings is 1. The first-order valence-electron chi connectivity index (χ1n) is 7.15. The molecule has 3 rings (SSSR count). The highest BCUT2D eigenvalue weighted by molar-refractivity contribution is 5.78. The molecule has 1 aromatic carbocycles. The van der Waals surface area contributed by atoms with Crippen LogP contribution in [0, 0.1) is 6.92 Å². The van der Waals surface area contributed by atoms with Crippen molar-refractivity contribution in [2.45, 2.75) is 20.0 Å².